The van der Waals surface area contributed by atoms with E-state index in [0.717, 1.165) is 12.0 Å². The fraction of sp³-hybridized carbons (Fsp3) is 0.316. The van der Waals surface area contributed by atoms with Crippen molar-refractivity contribution in [2.24, 2.45) is 5.73 Å². The summed E-state index contributed by atoms with van der Waals surface area (Å²) in [6, 6.07) is 12.1. The summed E-state index contributed by atoms with van der Waals surface area (Å²) < 4.78 is 0. The van der Waals surface area contributed by atoms with Crippen molar-refractivity contribution in [3.05, 3.63) is 65.5 Å². The molecule has 0 radical (unpaired) electrons. The van der Waals surface area contributed by atoms with Crippen LogP contribution in [0.2, 0.25) is 0 Å². The Bertz CT molecular complexity index is 643. The molecule has 1 heterocycles. The van der Waals surface area contributed by atoms with Crippen LogP contribution < -0.4 is 5.73 Å². The zero-order valence-corrected chi connectivity index (χ0v) is 12.9. The van der Waals surface area contributed by atoms with Gasteiger partial charge in [0.05, 0.1) is 6.04 Å². The second-order valence-corrected chi connectivity index (χ2v) is 6.28. The second kappa shape index (κ2) is 6.56. The highest BCUT2D eigenvalue weighted by Crippen LogP contribution is 2.21. The molecule has 1 atom stereocenters. The number of nitrogens with two attached hydrogens (primary N) is 1. The molecular formula is C19H22N2. The number of hydrogen-bond donors (Lipinski definition) is 1. The molecule has 2 rings (SSSR count). The molecule has 2 aromatic rings. The lowest BCUT2D eigenvalue weighted by Gasteiger charge is -2.18. The Labute approximate surface area is 127 Å². The first-order valence-corrected chi connectivity index (χ1v) is 7.22. The Balaban J connectivity index is 2.08. The highest BCUT2D eigenvalue weighted by Gasteiger charge is 2.13. The lowest BCUT2D eigenvalue weighted by Crippen LogP contribution is -2.20. The minimum absolute atomic E-state index is 0.0802. The van der Waals surface area contributed by atoms with Crippen molar-refractivity contribution < 1.29 is 0 Å². The van der Waals surface area contributed by atoms with E-state index in [1.165, 1.54) is 11.1 Å². The van der Waals surface area contributed by atoms with Crippen LogP contribution in [0.5, 0.6) is 0 Å². The van der Waals surface area contributed by atoms with Crippen LogP contribution in [0.15, 0.2) is 48.8 Å². The van der Waals surface area contributed by atoms with E-state index >= 15 is 0 Å². The molecule has 1 aromatic carbocycles. The summed E-state index contributed by atoms with van der Waals surface area (Å²) >= 11 is 0. The third kappa shape index (κ3) is 4.73. The molecule has 0 amide bonds. The molecule has 0 fully saturated rings. The first-order chi connectivity index (χ1) is 9.95. The Morgan fingerprint density at radius 1 is 1.14 bits per heavy atom. The van der Waals surface area contributed by atoms with Gasteiger partial charge in [0.15, 0.2) is 0 Å². The summed E-state index contributed by atoms with van der Waals surface area (Å²) in [4.78, 5) is 4.27. The van der Waals surface area contributed by atoms with E-state index in [2.05, 4.69) is 55.8 Å². The highest BCUT2D eigenvalue weighted by atomic mass is 14.6. The molecule has 21 heavy (non-hydrogen) atoms. The molecule has 0 unspecified atom stereocenters. The molecule has 0 aliphatic rings. The van der Waals surface area contributed by atoms with Crippen LogP contribution in [0.25, 0.3) is 0 Å². The van der Waals surface area contributed by atoms with Gasteiger partial charge in [0.1, 0.15) is 0 Å². The van der Waals surface area contributed by atoms with E-state index in [4.69, 9.17) is 5.73 Å². The quantitative estimate of drug-likeness (QED) is 0.856. The normalized spacial score (nSPS) is 12.4. The predicted molar refractivity (Wildman–Crippen MR) is 87.9 cm³/mol. The fourth-order valence-corrected chi connectivity index (χ4v) is 2.01. The molecule has 1 aromatic heterocycles. The van der Waals surface area contributed by atoms with Gasteiger partial charge in [-0.3, -0.25) is 4.98 Å². The molecule has 2 nitrogen and oxygen atoms in total. The van der Waals surface area contributed by atoms with Crippen molar-refractivity contribution in [2.75, 3.05) is 0 Å². The fourth-order valence-electron chi connectivity index (χ4n) is 2.01. The van der Waals surface area contributed by atoms with Crippen molar-refractivity contribution in [1.82, 2.24) is 4.98 Å². The van der Waals surface area contributed by atoms with Gasteiger partial charge in [-0.25, -0.2) is 0 Å². The number of pyridine rings is 1. The van der Waals surface area contributed by atoms with E-state index < -0.39 is 0 Å². The average molecular weight is 278 g/mol. The average Bonchev–Trinajstić information content (AvgIpc) is 2.46. The number of rotatable bonds is 2. The van der Waals surface area contributed by atoms with Crippen molar-refractivity contribution >= 4 is 0 Å². The minimum Gasteiger partial charge on any atom is -0.317 e. The Kier molecular flexibility index (Phi) is 4.77. The summed E-state index contributed by atoms with van der Waals surface area (Å²) in [5.41, 5.74) is 9.48. The van der Waals surface area contributed by atoms with Gasteiger partial charge in [-0.2, -0.15) is 0 Å². The predicted octanol–water partition coefficient (Wildman–Crippen LogP) is 3.30. The van der Waals surface area contributed by atoms with Gasteiger partial charge in [-0.1, -0.05) is 62.9 Å². The van der Waals surface area contributed by atoms with Crippen molar-refractivity contribution in [1.29, 1.82) is 0 Å². The second-order valence-electron chi connectivity index (χ2n) is 6.28. The Morgan fingerprint density at radius 2 is 1.86 bits per heavy atom. The number of nitrogens with zero attached hydrogens (tertiary/aromatic N) is 1. The lowest BCUT2D eigenvalue weighted by atomic mass is 9.88. The van der Waals surface area contributed by atoms with Crippen molar-refractivity contribution in [3.63, 3.8) is 0 Å². The van der Waals surface area contributed by atoms with Crippen LogP contribution in [0.3, 0.4) is 0 Å². The summed E-state index contributed by atoms with van der Waals surface area (Å²) in [6.45, 7) is 6.51. The van der Waals surface area contributed by atoms with Gasteiger partial charge < -0.3 is 5.73 Å². The smallest absolute Gasteiger partial charge is 0.0709 e. The van der Waals surface area contributed by atoms with E-state index in [1.807, 2.05) is 24.4 Å². The number of benzene rings is 1. The summed E-state index contributed by atoms with van der Waals surface area (Å²) in [7, 11) is 0. The molecule has 0 saturated heterocycles. The van der Waals surface area contributed by atoms with Gasteiger partial charge in [-0.15, -0.1) is 0 Å². The first-order valence-electron chi connectivity index (χ1n) is 7.22. The topological polar surface area (TPSA) is 38.9 Å². The molecule has 2 heteroatoms. The first kappa shape index (κ1) is 15.3. The van der Waals surface area contributed by atoms with Crippen LogP contribution in [0.1, 0.15) is 37.5 Å². The van der Waals surface area contributed by atoms with E-state index in [9.17, 15) is 0 Å². The van der Waals surface area contributed by atoms with Gasteiger partial charge >= 0.3 is 0 Å². The molecule has 0 bridgehead atoms. The van der Waals surface area contributed by atoms with Gasteiger partial charge in [0, 0.05) is 18.0 Å². The molecule has 0 spiro atoms. The Morgan fingerprint density at radius 3 is 2.52 bits per heavy atom. The lowest BCUT2D eigenvalue weighted by molar-refractivity contribution is 0.587. The van der Waals surface area contributed by atoms with Crippen LogP contribution in [-0.2, 0) is 11.8 Å². The molecule has 0 aliphatic heterocycles. The minimum atomic E-state index is -0.161. The molecule has 2 N–H and O–H groups in total. The van der Waals surface area contributed by atoms with Crippen LogP contribution in [0.4, 0.5) is 0 Å². The monoisotopic (exact) mass is 278 g/mol. The van der Waals surface area contributed by atoms with Crippen LogP contribution in [-0.4, -0.2) is 11.0 Å². The third-order valence-electron chi connectivity index (χ3n) is 3.30. The van der Waals surface area contributed by atoms with E-state index in [0.29, 0.717) is 0 Å². The number of aromatic nitrogens is 1. The molecule has 0 aliphatic carbocycles. The summed E-state index contributed by atoms with van der Waals surface area (Å²) in [5, 5.41) is 0. The van der Waals surface area contributed by atoms with Crippen LogP contribution >= 0.6 is 0 Å². The Hall–Kier alpha value is -2.11. The van der Waals surface area contributed by atoms with Crippen molar-refractivity contribution in [3.8, 4) is 11.8 Å². The highest BCUT2D eigenvalue weighted by molar-refractivity contribution is 5.37. The number of hydrogen-bond acceptors (Lipinski definition) is 2. The van der Waals surface area contributed by atoms with E-state index in [1.54, 1.807) is 6.20 Å². The maximum absolute atomic E-state index is 6.08. The van der Waals surface area contributed by atoms with Crippen LogP contribution in [0, 0.1) is 11.8 Å². The summed E-state index contributed by atoms with van der Waals surface area (Å²) in [6.07, 6.45) is 4.45. The van der Waals surface area contributed by atoms with Gasteiger partial charge in [0.25, 0.3) is 0 Å². The summed E-state index contributed by atoms with van der Waals surface area (Å²) in [5.74, 6) is 6.25. The maximum Gasteiger partial charge on any atom is 0.0709 e. The standard InChI is InChI=1S/C19H22N2/c1-19(2,3)17-11-16(13-21-14-17)9-10-18(20)12-15-7-5-4-6-8-15/h4-8,11,13-14,18H,12,20H2,1-3H3/t18-/m1/s1. The maximum atomic E-state index is 6.08. The molecular weight excluding hydrogens is 256 g/mol. The zero-order chi connectivity index (χ0) is 15.3. The van der Waals surface area contributed by atoms with Gasteiger partial charge in [0.2, 0.25) is 0 Å². The van der Waals surface area contributed by atoms with Gasteiger partial charge in [-0.05, 0) is 29.0 Å². The van der Waals surface area contributed by atoms with Crippen molar-refractivity contribution in [2.45, 2.75) is 38.6 Å². The van der Waals surface area contributed by atoms with E-state index in [-0.39, 0.29) is 11.5 Å². The molecule has 0 saturated carbocycles. The SMILES string of the molecule is CC(C)(C)c1cncc(C#C[C@@H](N)Cc2ccccc2)c1. The third-order valence-corrected chi connectivity index (χ3v) is 3.30. The zero-order valence-electron chi connectivity index (χ0n) is 12.9. The molecule has 108 valence electrons. The largest absolute Gasteiger partial charge is 0.317 e.